The summed E-state index contributed by atoms with van der Waals surface area (Å²) in [6.45, 7) is 23.7. The Morgan fingerprint density at radius 2 is 0.980 bits per heavy atom. The Hall–Kier alpha value is -3.58. The van der Waals surface area contributed by atoms with Gasteiger partial charge >= 0.3 is 0 Å². The first-order valence-corrected chi connectivity index (χ1v) is 16.9. The van der Waals surface area contributed by atoms with Crippen LogP contribution in [0.25, 0.3) is 0 Å². The van der Waals surface area contributed by atoms with E-state index in [0.29, 0.717) is 22.7 Å². The molecule has 0 amide bonds. The molecule has 4 rings (SSSR count). The lowest BCUT2D eigenvalue weighted by Crippen LogP contribution is -2.36. The van der Waals surface area contributed by atoms with E-state index in [1.165, 1.54) is 22.4 Å². The molecule has 1 heterocycles. The summed E-state index contributed by atoms with van der Waals surface area (Å²) >= 11 is 0. The van der Waals surface area contributed by atoms with E-state index in [1.54, 1.807) is 35.5 Å². The Balaban J connectivity index is 0.000000707. The first kappa shape index (κ1) is 46.4. The predicted octanol–water partition coefficient (Wildman–Crippen LogP) is 10.7. The van der Waals surface area contributed by atoms with Crippen molar-refractivity contribution in [3.05, 3.63) is 71.3 Å². The number of ether oxygens (including phenoxy) is 6. The van der Waals surface area contributed by atoms with E-state index in [0.717, 1.165) is 50.6 Å². The summed E-state index contributed by atoms with van der Waals surface area (Å²) < 4.78 is 31.8. The average Bonchev–Trinajstić information content (AvgIpc) is 3.03. The predicted molar refractivity (Wildman–Crippen MR) is 214 cm³/mol. The number of morpholine rings is 1. The molecule has 7 nitrogen and oxygen atoms in total. The van der Waals surface area contributed by atoms with Gasteiger partial charge in [0.05, 0.1) is 48.8 Å². The van der Waals surface area contributed by atoms with Gasteiger partial charge in [-0.05, 0) is 82.2 Å². The van der Waals surface area contributed by atoms with Crippen LogP contribution in [0.1, 0.15) is 93.9 Å². The van der Waals surface area contributed by atoms with Gasteiger partial charge in [-0.15, -0.1) is 0 Å². The Kier molecular flexibility index (Phi) is 19.4. The highest BCUT2D eigenvalue weighted by molar-refractivity contribution is 5.54. The molecule has 0 N–H and O–H groups in total. The van der Waals surface area contributed by atoms with Gasteiger partial charge in [-0.1, -0.05) is 95.4 Å². The third-order valence-corrected chi connectivity index (χ3v) is 7.75. The number of nitrogens with zero attached hydrogens (tertiary/aromatic N) is 1. The lowest BCUT2D eigenvalue weighted by Gasteiger charge is -2.29. The molecule has 1 aliphatic rings. The second kappa shape index (κ2) is 20.9. The molecule has 0 atom stereocenters. The summed E-state index contributed by atoms with van der Waals surface area (Å²) in [7, 11) is 8.21. The summed E-state index contributed by atoms with van der Waals surface area (Å²) in [6.07, 6.45) is 2.00. The van der Waals surface area contributed by atoms with Gasteiger partial charge in [-0.3, -0.25) is 0 Å². The molecule has 284 valence electrons. The minimum atomic E-state index is 0. The van der Waals surface area contributed by atoms with E-state index in [-0.39, 0.29) is 25.7 Å². The Morgan fingerprint density at radius 3 is 1.38 bits per heavy atom. The van der Waals surface area contributed by atoms with Crippen LogP contribution in [0.15, 0.2) is 54.6 Å². The van der Waals surface area contributed by atoms with Crippen molar-refractivity contribution in [3.63, 3.8) is 0 Å². The van der Waals surface area contributed by atoms with Crippen LogP contribution in [0.5, 0.6) is 28.7 Å². The summed E-state index contributed by atoms with van der Waals surface area (Å²) in [5, 5.41) is 0. The van der Waals surface area contributed by atoms with Gasteiger partial charge in [0.2, 0.25) is 5.75 Å². The number of anilines is 1. The van der Waals surface area contributed by atoms with E-state index in [4.69, 9.17) is 28.4 Å². The molecule has 1 saturated heterocycles. The molecule has 0 unspecified atom stereocenters. The summed E-state index contributed by atoms with van der Waals surface area (Å²) in [5.74, 6) is 3.67. The number of rotatable bonds is 8. The highest BCUT2D eigenvalue weighted by atomic mass is 16.5. The molecule has 0 aliphatic carbocycles. The van der Waals surface area contributed by atoms with Gasteiger partial charge in [-0.2, -0.15) is 0 Å². The van der Waals surface area contributed by atoms with E-state index < -0.39 is 0 Å². The Morgan fingerprint density at radius 1 is 0.540 bits per heavy atom. The monoisotopic (exact) mass is 698 g/mol. The first-order valence-electron chi connectivity index (χ1n) is 16.9. The first-order chi connectivity index (χ1) is 22.4. The minimum absolute atomic E-state index is 0. The Labute approximate surface area is 306 Å². The van der Waals surface area contributed by atoms with Crippen molar-refractivity contribution in [2.45, 2.75) is 95.4 Å². The smallest absolute Gasteiger partial charge is 0.203 e. The number of benzene rings is 3. The molecule has 0 radical (unpaired) electrons. The topological polar surface area (TPSA) is 58.6 Å². The van der Waals surface area contributed by atoms with Crippen LogP contribution < -0.4 is 28.6 Å². The molecule has 7 heteroatoms. The van der Waals surface area contributed by atoms with Crippen LogP contribution in [0.2, 0.25) is 0 Å². The summed E-state index contributed by atoms with van der Waals surface area (Å²) in [6, 6.07) is 19.0. The number of methoxy groups -OCH3 is 5. The van der Waals surface area contributed by atoms with Crippen LogP contribution in [-0.4, -0.2) is 61.9 Å². The molecule has 0 saturated carbocycles. The molecule has 1 fully saturated rings. The highest BCUT2D eigenvalue weighted by Crippen LogP contribution is 2.39. The SMILES string of the molecule is C.C.CC(C)(C)c1ccc(N2CCOCC2)cc1.COc1cc(CC(C)(C)C)cc(OC)c1OC.COc1ccc(CC(C)(C)C)cc1OC. The molecule has 0 bridgehead atoms. The van der Waals surface area contributed by atoms with Crippen LogP contribution in [0.3, 0.4) is 0 Å². The van der Waals surface area contributed by atoms with Crippen molar-refractivity contribution in [1.82, 2.24) is 0 Å². The van der Waals surface area contributed by atoms with Crippen molar-refractivity contribution >= 4 is 5.69 Å². The van der Waals surface area contributed by atoms with Crippen molar-refractivity contribution in [2.24, 2.45) is 10.8 Å². The molecular formula is C43H71NO6. The fourth-order valence-electron chi connectivity index (χ4n) is 5.45. The van der Waals surface area contributed by atoms with Gasteiger partial charge in [0, 0.05) is 18.8 Å². The quantitative estimate of drug-likeness (QED) is 0.232. The van der Waals surface area contributed by atoms with Crippen LogP contribution in [-0.2, 0) is 23.0 Å². The zero-order valence-corrected chi connectivity index (χ0v) is 32.3. The second-order valence-corrected chi connectivity index (χ2v) is 15.6. The maximum absolute atomic E-state index is 5.36. The fourth-order valence-corrected chi connectivity index (χ4v) is 5.45. The standard InChI is InChI=1S/C14H21NO.C14H22O3.C13H20O2.2CH4/c1-14(2,3)12-4-6-13(7-5-12)15-8-10-16-11-9-15;1-14(2,3)9-10-7-11(15-4)13(17-6)12(8-10)16-5;1-13(2,3)9-10-6-7-11(14-4)12(8-10)15-5;;/h4-7H,8-11H2,1-3H3;7-8H,9H2,1-6H3;6-8H,9H2,1-5H3;2*1H4. The molecule has 0 aromatic heterocycles. The van der Waals surface area contributed by atoms with Gasteiger partial charge in [0.15, 0.2) is 23.0 Å². The van der Waals surface area contributed by atoms with Crippen molar-refractivity contribution < 1.29 is 28.4 Å². The van der Waals surface area contributed by atoms with Gasteiger partial charge in [0.1, 0.15) is 0 Å². The second-order valence-electron chi connectivity index (χ2n) is 15.6. The van der Waals surface area contributed by atoms with E-state index in [1.807, 2.05) is 24.3 Å². The summed E-state index contributed by atoms with van der Waals surface area (Å²) in [5.41, 5.74) is 5.93. The third-order valence-electron chi connectivity index (χ3n) is 7.75. The lowest BCUT2D eigenvalue weighted by atomic mass is 9.87. The molecular weight excluding hydrogens is 626 g/mol. The zero-order valence-electron chi connectivity index (χ0n) is 32.3. The normalized spacial score (nSPS) is 12.8. The minimum Gasteiger partial charge on any atom is -0.493 e. The van der Waals surface area contributed by atoms with Gasteiger partial charge < -0.3 is 33.3 Å². The zero-order chi connectivity index (χ0) is 36.1. The number of hydrogen-bond acceptors (Lipinski definition) is 7. The molecule has 3 aromatic carbocycles. The van der Waals surface area contributed by atoms with Crippen molar-refractivity contribution in [2.75, 3.05) is 66.8 Å². The van der Waals surface area contributed by atoms with Gasteiger partial charge in [0.25, 0.3) is 0 Å². The van der Waals surface area contributed by atoms with Crippen LogP contribution in [0, 0.1) is 10.8 Å². The van der Waals surface area contributed by atoms with Crippen LogP contribution in [0.4, 0.5) is 5.69 Å². The van der Waals surface area contributed by atoms with Crippen molar-refractivity contribution in [1.29, 1.82) is 0 Å². The molecule has 3 aromatic rings. The fraction of sp³-hybridized carbons (Fsp3) is 0.581. The summed E-state index contributed by atoms with van der Waals surface area (Å²) in [4.78, 5) is 2.38. The number of hydrogen-bond donors (Lipinski definition) is 0. The van der Waals surface area contributed by atoms with Crippen molar-refractivity contribution in [3.8, 4) is 28.7 Å². The molecule has 0 spiro atoms. The van der Waals surface area contributed by atoms with Crippen LogP contribution >= 0.6 is 0 Å². The average molecular weight is 698 g/mol. The van der Waals surface area contributed by atoms with E-state index in [9.17, 15) is 0 Å². The lowest BCUT2D eigenvalue weighted by molar-refractivity contribution is 0.122. The van der Waals surface area contributed by atoms with E-state index in [2.05, 4.69) is 97.5 Å². The van der Waals surface area contributed by atoms with Gasteiger partial charge in [-0.25, -0.2) is 0 Å². The molecule has 1 aliphatic heterocycles. The third kappa shape index (κ3) is 15.5. The largest absolute Gasteiger partial charge is 0.493 e. The van der Waals surface area contributed by atoms with E-state index >= 15 is 0 Å². The Bertz CT molecular complexity index is 1350. The maximum Gasteiger partial charge on any atom is 0.203 e. The maximum atomic E-state index is 5.36. The highest BCUT2D eigenvalue weighted by Gasteiger charge is 2.18. The molecule has 50 heavy (non-hydrogen) atoms.